The number of ether oxygens (including phenoxy) is 1. The van der Waals surface area contributed by atoms with Gasteiger partial charge >= 0.3 is 16.3 Å². The molecule has 1 aliphatic carbocycles. The topological polar surface area (TPSA) is 177 Å². The van der Waals surface area contributed by atoms with Crippen molar-refractivity contribution in [1.29, 1.82) is 0 Å². The number of carbonyl (C=O) groups excluding carboxylic acids is 4. The highest BCUT2D eigenvalue weighted by Crippen LogP contribution is 2.40. The fourth-order valence-corrected chi connectivity index (χ4v) is 5.91. The number of carbonyl (C=O) groups is 4. The zero-order valence-corrected chi connectivity index (χ0v) is 25.5. The summed E-state index contributed by atoms with van der Waals surface area (Å²) < 4.78 is 34.0. The number of nitrogens with zero attached hydrogens (tertiary/aromatic N) is 1. The van der Waals surface area contributed by atoms with Crippen LogP contribution >= 0.6 is 11.6 Å². The normalized spacial score (nSPS) is 20.8. The van der Waals surface area contributed by atoms with Crippen molar-refractivity contribution in [2.75, 3.05) is 11.3 Å². The van der Waals surface area contributed by atoms with E-state index < -0.39 is 46.1 Å². The van der Waals surface area contributed by atoms with Crippen LogP contribution in [0.4, 0.5) is 10.5 Å². The Kier molecular flexibility index (Phi) is 12.0. The van der Waals surface area contributed by atoms with E-state index in [0.29, 0.717) is 49.4 Å². The molecule has 232 valence electrons. The molecule has 1 saturated carbocycles. The number of hydrogen-bond acceptors (Lipinski definition) is 7. The summed E-state index contributed by atoms with van der Waals surface area (Å²) in [6.45, 7) is 3.84. The van der Waals surface area contributed by atoms with Crippen LogP contribution in [-0.2, 0) is 29.3 Å². The maximum Gasteiger partial charge on any atom is 0.408 e. The molecule has 2 fully saturated rings. The second-order valence-corrected chi connectivity index (χ2v) is 12.7. The van der Waals surface area contributed by atoms with Crippen LogP contribution in [0.1, 0.15) is 65.2 Å². The van der Waals surface area contributed by atoms with Gasteiger partial charge in [-0.2, -0.15) is 8.42 Å². The minimum absolute atomic E-state index is 0.0208. The van der Waals surface area contributed by atoms with Gasteiger partial charge < -0.3 is 20.7 Å². The Hall–Kier alpha value is -3.32. The van der Waals surface area contributed by atoms with Crippen molar-refractivity contribution in [3.8, 4) is 0 Å². The minimum Gasteiger partial charge on any atom is -0.447 e. The van der Waals surface area contributed by atoms with E-state index in [-0.39, 0.29) is 17.9 Å². The lowest BCUT2D eigenvalue weighted by molar-refractivity contribution is -0.139. The number of benzene rings is 1. The predicted molar refractivity (Wildman–Crippen MR) is 158 cm³/mol. The number of hydrogen-bond donors (Lipinski definition) is 4. The van der Waals surface area contributed by atoms with E-state index in [0.717, 1.165) is 19.3 Å². The zero-order chi connectivity index (χ0) is 30.9. The van der Waals surface area contributed by atoms with E-state index >= 15 is 0 Å². The molecule has 0 spiro atoms. The molecule has 2 unspecified atom stereocenters. The second-order valence-electron chi connectivity index (χ2n) is 10.9. The Labute approximate surface area is 251 Å². The number of primary amides is 1. The Morgan fingerprint density at radius 1 is 1.14 bits per heavy atom. The molecule has 0 bridgehead atoms. The third-order valence-electron chi connectivity index (χ3n) is 7.05. The summed E-state index contributed by atoms with van der Waals surface area (Å²) in [5.41, 5.74) is 5.76. The lowest BCUT2D eigenvalue weighted by atomic mass is 10.0. The lowest BCUT2D eigenvalue weighted by Gasteiger charge is -2.28. The first-order valence-corrected chi connectivity index (χ1v) is 16.1. The highest BCUT2D eigenvalue weighted by Gasteiger charge is 2.42. The maximum atomic E-state index is 13.2. The summed E-state index contributed by atoms with van der Waals surface area (Å²) in [5.74, 6) is -1.86. The fraction of sp³-hybridized carbons (Fsp3) is 0.571. The molecule has 0 radical (unpaired) electrons. The van der Waals surface area contributed by atoms with Gasteiger partial charge in [0, 0.05) is 17.5 Å². The molecule has 1 aliphatic heterocycles. The van der Waals surface area contributed by atoms with Crippen LogP contribution in [0.25, 0.3) is 0 Å². The van der Waals surface area contributed by atoms with Gasteiger partial charge in [-0.05, 0) is 82.6 Å². The number of alkyl carbamates (subject to hydrolysis) is 1. The number of unbranched alkanes of at least 4 members (excludes halogenated alkanes) is 3. The average Bonchev–Trinajstić information content (AvgIpc) is 3.51. The van der Waals surface area contributed by atoms with Gasteiger partial charge in [0.1, 0.15) is 12.1 Å². The first kappa shape index (κ1) is 33.2. The van der Waals surface area contributed by atoms with E-state index in [1.807, 2.05) is 12.2 Å². The highest BCUT2D eigenvalue weighted by molar-refractivity contribution is 7.91. The molecule has 2 aliphatic rings. The van der Waals surface area contributed by atoms with E-state index in [1.54, 1.807) is 13.8 Å². The van der Waals surface area contributed by atoms with Gasteiger partial charge in [-0.15, -0.1) is 0 Å². The van der Waals surface area contributed by atoms with E-state index in [9.17, 15) is 27.6 Å². The quantitative estimate of drug-likeness (QED) is 0.171. The van der Waals surface area contributed by atoms with Gasteiger partial charge in [-0.3, -0.25) is 19.1 Å². The lowest BCUT2D eigenvalue weighted by Crippen LogP contribution is -2.53. The second kappa shape index (κ2) is 15.2. The summed E-state index contributed by atoms with van der Waals surface area (Å²) in [5, 5.41) is 3.11. The molecule has 4 atom stereocenters. The van der Waals surface area contributed by atoms with E-state index in [4.69, 9.17) is 22.1 Å². The molecule has 12 nitrogen and oxygen atoms in total. The highest BCUT2D eigenvalue weighted by atomic mass is 35.5. The molecule has 4 amide bonds. The first-order valence-electron chi connectivity index (χ1n) is 14.2. The molecule has 0 aromatic heterocycles. The zero-order valence-electron chi connectivity index (χ0n) is 23.9. The number of anilines is 1. The smallest absolute Gasteiger partial charge is 0.408 e. The molecular weight excluding hydrogens is 586 g/mol. The van der Waals surface area contributed by atoms with Crippen molar-refractivity contribution in [2.45, 2.75) is 83.4 Å². The number of likely N-dealkylation sites (tertiary alicyclic amines) is 1. The Bertz CT molecular complexity index is 1260. The third-order valence-corrected chi connectivity index (χ3v) is 8.28. The van der Waals surface area contributed by atoms with Crippen LogP contribution in [-0.4, -0.2) is 61.9 Å². The first-order chi connectivity index (χ1) is 19.9. The average molecular weight is 626 g/mol. The van der Waals surface area contributed by atoms with Gasteiger partial charge in [-0.25, -0.2) is 9.52 Å². The number of halogens is 1. The summed E-state index contributed by atoms with van der Waals surface area (Å²) in [4.78, 5) is 51.0. The number of allylic oxidation sites excluding steroid dienone is 2. The van der Waals surface area contributed by atoms with Crippen LogP contribution in [0.5, 0.6) is 0 Å². The number of nitrogens with two attached hydrogens (primary N) is 1. The van der Waals surface area contributed by atoms with Crippen LogP contribution < -0.4 is 20.5 Å². The van der Waals surface area contributed by atoms with Crippen LogP contribution in [0.2, 0.25) is 5.02 Å². The molecule has 3 rings (SSSR count). The van der Waals surface area contributed by atoms with Crippen molar-refractivity contribution in [3.05, 3.63) is 41.4 Å². The number of amides is 4. The van der Waals surface area contributed by atoms with Crippen molar-refractivity contribution in [1.82, 2.24) is 14.9 Å². The Morgan fingerprint density at radius 3 is 2.52 bits per heavy atom. The summed E-state index contributed by atoms with van der Waals surface area (Å²) in [7, 11) is -4.05. The van der Waals surface area contributed by atoms with Crippen LogP contribution in [0.3, 0.4) is 0 Å². The number of nitrogens with one attached hydrogen (secondary N) is 3. The van der Waals surface area contributed by atoms with Crippen LogP contribution in [0, 0.1) is 11.8 Å². The van der Waals surface area contributed by atoms with Crippen molar-refractivity contribution < 1.29 is 32.3 Å². The molecule has 1 aromatic rings. The monoisotopic (exact) mass is 625 g/mol. The molecule has 1 heterocycles. The Morgan fingerprint density at radius 2 is 1.86 bits per heavy atom. The van der Waals surface area contributed by atoms with Gasteiger partial charge in [0.15, 0.2) is 0 Å². The van der Waals surface area contributed by atoms with Crippen molar-refractivity contribution in [2.24, 2.45) is 17.6 Å². The van der Waals surface area contributed by atoms with Gasteiger partial charge in [-0.1, -0.05) is 36.6 Å². The molecule has 1 aromatic carbocycles. The van der Waals surface area contributed by atoms with Crippen LogP contribution in [0.15, 0.2) is 36.4 Å². The predicted octanol–water partition coefficient (Wildman–Crippen LogP) is 3.24. The summed E-state index contributed by atoms with van der Waals surface area (Å²) in [6, 6.07) is 4.59. The molecular formula is C28H40ClN5O7S. The maximum absolute atomic E-state index is 13.2. The van der Waals surface area contributed by atoms with E-state index in [1.165, 1.54) is 29.2 Å². The van der Waals surface area contributed by atoms with Crippen molar-refractivity contribution >= 4 is 51.3 Å². The summed E-state index contributed by atoms with van der Waals surface area (Å²) >= 11 is 5.80. The molecule has 42 heavy (non-hydrogen) atoms. The van der Waals surface area contributed by atoms with Crippen molar-refractivity contribution in [3.63, 3.8) is 0 Å². The third kappa shape index (κ3) is 10.5. The standard InChI is InChI=1S/C28H40ClN5O7S/c1-18(2)41-28(38)31-23(27(37)34-16-8-11-24(34)25(30)35)10-7-5-3-4-6-9-19-17-22(19)26(36)33-42(39,40)32-21-14-12-20(29)13-15-21/h6,9,12-15,18-19,22-24,32H,3-5,7-8,10-11,16-17H2,1-2H3,(H2,30,35)(H,31,38)(H,33,36)/b9-6-/t19?,22-,23?,24-/m0/s1. The van der Waals surface area contributed by atoms with Gasteiger partial charge in [0.25, 0.3) is 0 Å². The SMILES string of the molecule is CC(C)OC(=O)NC(CCCCC/C=C\C1C[C@@H]1C(=O)NS(=O)(=O)Nc1ccc(Cl)cc1)C(=O)N1CCC[C@H]1C(N)=O. The molecule has 1 saturated heterocycles. The summed E-state index contributed by atoms with van der Waals surface area (Å²) in [6.07, 6.45) is 8.05. The van der Waals surface area contributed by atoms with E-state index in [2.05, 4.69) is 14.8 Å². The molecule has 5 N–H and O–H groups in total. The Balaban J connectivity index is 1.39. The minimum atomic E-state index is -4.05. The van der Waals surface area contributed by atoms with Gasteiger partial charge in [0.05, 0.1) is 11.8 Å². The number of rotatable bonds is 15. The fourth-order valence-electron chi connectivity index (χ4n) is 4.87. The largest absolute Gasteiger partial charge is 0.447 e. The molecule has 14 heteroatoms. The van der Waals surface area contributed by atoms with Gasteiger partial charge in [0.2, 0.25) is 17.7 Å².